The minimum absolute atomic E-state index is 0.184. The molecule has 0 unspecified atom stereocenters. The number of nitriles is 1. The van der Waals surface area contributed by atoms with Crippen molar-refractivity contribution in [3.8, 4) is 11.8 Å². The van der Waals surface area contributed by atoms with E-state index in [-0.39, 0.29) is 5.56 Å². The third-order valence-electron chi connectivity index (χ3n) is 2.18. The van der Waals surface area contributed by atoms with Crippen LogP contribution in [0.3, 0.4) is 0 Å². The summed E-state index contributed by atoms with van der Waals surface area (Å²) in [5, 5.41) is 39.4. The van der Waals surface area contributed by atoms with Crippen LogP contribution in [-0.4, -0.2) is 20.9 Å². The Kier molecular flexibility index (Phi) is 3.97. The van der Waals surface area contributed by atoms with Crippen LogP contribution < -0.4 is 5.73 Å². The van der Waals surface area contributed by atoms with Crippen molar-refractivity contribution >= 4 is 23.4 Å². The number of phenols is 1. The molecular formula is C10H6N4O6. The summed E-state index contributed by atoms with van der Waals surface area (Å²) in [5.41, 5.74) is 2.30. The van der Waals surface area contributed by atoms with Crippen molar-refractivity contribution in [3.05, 3.63) is 43.5 Å². The average Bonchev–Trinajstić information content (AvgIpc) is 2.36. The third-order valence-corrected chi connectivity index (χ3v) is 2.18. The van der Waals surface area contributed by atoms with E-state index in [9.17, 15) is 30.1 Å². The molecule has 3 N–H and O–H groups in total. The highest BCUT2D eigenvalue weighted by atomic mass is 16.6. The summed E-state index contributed by atoms with van der Waals surface area (Å²) in [6, 6.07) is 3.01. The quantitative estimate of drug-likeness (QED) is 0.350. The summed E-state index contributed by atoms with van der Waals surface area (Å²) in [6.07, 6.45) is 0.849. The number of carbonyl (C=O) groups excluding carboxylic acids is 1. The minimum atomic E-state index is -1.12. The van der Waals surface area contributed by atoms with Gasteiger partial charge in [-0.1, -0.05) is 0 Å². The molecule has 0 spiro atoms. The molecular weight excluding hydrogens is 272 g/mol. The number of nitrogens with zero attached hydrogens (tertiary/aromatic N) is 3. The number of nitro benzene ring substituents is 2. The van der Waals surface area contributed by atoms with Gasteiger partial charge in [-0.25, -0.2) is 0 Å². The molecule has 20 heavy (non-hydrogen) atoms. The molecule has 0 saturated carbocycles. The van der Waals surface area contributed by atoms with E-state index < -0.39 is 38.5 Å². The Labute approximate surface area is 110 Å². The summed E-state index contributed by atoms with van der Waals surface area (Å²) in [6.45, 7) is 0. The molecule has 0 radical (unpaired) electrons. The second-order valence-corrected chi connectivity index (χ2v) is 3.46. The highest BCUT2D eigenvalue weighted by Crippen LogP contribution is 2.37. The van der Waals surface area contributed by atoms with Crippen molar-refractivity contribution in [2.45, 2.75) is 0 Å². The van der Waals surface area contributed by atoms with Gasteiger partial charge in [0.2, 0.25) is 0 Å². The molecule has 0 fully saturated rings. The standard InChI is InChI=1S/C10H6N4O6/c11-4-6(10(12)16)1-5-2-7(13(17)18)9(15)8(3-5)14(19)20/h1-3,15H,(H2,12,16)/b6-1+. The van der Waals surface area contributed by atoms with E-state index >= 15 is 0 Å². The zero-order valence-electron chi connectivity index (χ0n) is 9.64. The lowest BCUT2D eigenvalue weighted by Crippen LogP contribution is -2.12. The van der Waals surface area contributed by atoms with Gasteiger partial charge >= 0.3 is 11.4 Å². The first-order chi connectivity index (χ1) is 9.27. The van der Waals surface area contributed by atoms with Gasteiger partial charge in [-0.05, 0) is 11.6 Å². The SMILES string of the molecule is N#C/C(=C\c1cc([N+](=O)[O-])c(O)c([N+](=O)[O-])c1)C(N)=O. The maximum atomic E-state index is 10.9. The molecule has 0 atom stereocenters. The molecule has 0 heterocycles. The Hall–Kier alpha value is -3.48. The van der Waals surface area contributed by atoms with E-state index in [0.29, 0.717) is 0 Å². The molecule has 1 rings (SSSR count). The number of hydrogen-bond acceptors (Lipinski definition) is 7. The lowest BCUT2D eigenvalue weighted by atomic mass is 10.1. The van der Waals surface area contributed by atoms with Crippen LogP contribution in [0.4, 0.5) is 11.4 Å². The molecule has 1 aromatic carbocycles. The van der Waals surface area contributed by atoms with Crippen molar-refractivity contribution in [2.75, 3.05) is 0 Å². The van der Waals surface area contributed by atoms with Crippen LogP contribution in [-0.2, 0) is 4.79 Å². The highest BCUT2D eigenvalue weighted by molar-refractivity contribution is 6.00. The Morgan fingerprint density at radius 3 is 2.05 bits per heavy atom. The Morgan fingerprint density at radius 1 is 1.30 bits per heavy atom. The van der Waals surface area contributed by atoms with Crippen molar-refractivity contribution in [1.29, 1.82) is 5.26 Å². The van der Waals surface area contributed by atoms with Crippen LogP contribution in [0.1, 0.15) is 5.56 Å². The molecule has 0 aromatic heterocycles. The first-order valence-electron chi connectivity index (χ1n) is 4.85. The zero-order valence-corrected chi connectivity index (χ0v) is 9.64. The molecule has 10 nitrogen and oxygen atoms in total. The number of carbonyl (C=O) groups is 1. The van der Waals surface area contributed by atoms with E-state index in [2.05, 4.69) is 0 Å². The monoisotopic (exact) mass is 278 g/mol. The number of rotatable bonds is 4. The fourth-order valence-corrected chi connectivity index (χ4v) is 1.31. The molecule has 0 saturated heterocycles. The van der Waals surface area contributed by atoms with Gasteiger partial charge in [0.1, 0.15) is 11.6 Å². The maximum Gasteiger partial charge on any atom is 0.318 e. The number of amides is 1. The Morgan fingerprint density at radius 2 is 1.75 bits per heavy atom. The van der Waals surface area contributed by atoms with Gasteiger partial charge in [-0.3, -0.25) is 25.0 Å². The Bertz CT molecular complexity index is 652. The highest BCUT2D eigenvalue weighted by Gasteiger charge is 2.26. The number of primary amides is 1. The zero-order chi connectivity index (χ0) is 15.4. The van der Waals surface area contributed by atoms with E-state index in [1.165, 1.54) is 6.07 Å². The summed E-state index contributed by atoms with van der Waals surface area (Å²) in [5.74, 6) is -2.21. The van der Waals surface area contributed by atoms with Crippen molar-refractivity contribution < 1.29 is 19.7 Å². The second kappa shape index (κ2) is 5.44. The van der Waals surface area contributed by atoms with Crippen LogP contribution in [0.2, 0.25) is 0 Å². The predicted octanol–water partition coefficient (Wildman–Crippen LogP) is 0.601. The molecule has 0 aliphatic rings. The maximum absolute atomic E-state index is 10.9. The fourth-order valence-electron chi connectivity index (χ4n) is 1.31. The van der Waals surface area contributed by atoms with Gasteiger partial charge in [-0.15, -0.1) is 0 Å². The lowest BCUT2D eigenvalue weighted by molar-refractivity contribution is -0.396. The van der Waals surface area contributed by atoms with Crippen molar-refractivity contribution in [1.82, 2.24) is 0 Å². The van der Waals surface area contributed by atoms with E-state index in [4.69, 9.17) is 11.0 Å². The molecule has 1 amide bonds. The van der Waals surface area contributed by atoms with Crippen LogP contribution in [0.5, 0.6) is 5.75 Å². The van der Waals surface area contributed by atoms with Gasteiger partial charge in [-0.2, -0.15) is 5.26 Å². The number of hydrogen-bond donors (Lipinski definition) is 2. The van der Waals surface area contributed by atoms with E-state index in [1.807, 2.05) is 0 Å². The van der Waals surface area contributed by atoms with Crippen LogP contribution in [0.15, 0.2) is 17.7 Å². The normalized spacial score (nSPS) is 10.7. The van der Waals surface area contributed by atoms with Gasteiger partial charge in [0, 0.05) is 12.1 Å². The summed E-state index contributed by atoms with van der Waals surface area (Å²) >= 11 is 0. The average molecular weight is 278 g/mol. The summed E-state index contributed by atoms with van der Waals surface area (Å²) < 4.78 is 0. The number of nitrogens with two attached hydrogens (primary N) is 1. The molecule has 0 aliphatic heterocycles. The first kappa shape index (κ1) is 14.6. The molecule has 0 aliphatic carbocycles. The largest absolute Gasteiger partial charge is 0.497 e. The first-order valence-corrected chi connectivity index (χ1v) is 4.85. The van der Waals surface area contributed by atoms with Gasteiger partial charge in [0.05, 0.1) is 9.85 Å². The van der Waals surface area contributed by atoms with Gasteiger partial charge in [0.15, 0.2) is 0 Å². The van der Waals surface area contributed by atoms with E-state index in [0.717, 1.165) is 18.2 Å². The number of aromatic hydroxyl groups is 1. The minimum Gasteiger partial charge on any atom is -0.497 e. The number of nitro groups is 2. The van der Waals surface area contributed by atoms with Gasteiger partial charge in [0.25, 0.3) is 11.7 Å². The van der Waals surface area contributed by atoms with Crippen LogP contribution in [0, 0.1) is 31.6 Å². The molecule has 10 heteroatoms. The second-order valence-electron chi connectivity index (χ2n) is 3.46. The lowest BCUT2D eigenvalue weighted by Gasteiger charge is -2.00. The number of phenolic OH excluding ortho intramolecular Hbond substituents is 1. The topological polar surface area (TPSA) is 173 Å². The number of benzene rings is 1. The third kappa shape index (κ3) is 2.85. The van der Waals surface area contributed by atoms with Crippen molar-refractivity contribution in [2.24, 2.45) is 5.73 Å². The van der Waals surface area contributed by atoms with E-state index in [1.54, 1.807) is 0 Å². The molecule has 0 bridgehead atoms. The summed E-state index contributed by atoms with van der Waals surface area (Å²) in [7, 11) is 0. The Balaban J connectivity index is 3.59. The fraction of sp³-hybridized carbons (Fsp3) is 0. The van der Waals surface area contributed by atoms with Crippen LogP contribution in [0.25, 0.3) is 6.08 Å². The summed E-state index contributed by atoms with van der Waals surface area (Å²) in [4.78, 5) is 30.2. The predicted molar refractivity (Wildman–Crippen MR) is 64.2 cm³/mol. The van der Waals surface area contributed by atoms with Crippen molar-refractivity contribution in [3.63, 3.8) is 0 Å². The van der Waals surface area contributed by atoms with Gasteiger partial charge < -0.3 is 10.8 Å². The van der Waals surface area contributed by atoms with Crippen LogP contribution >= 0.6 is 0 Å². The molecule has 102 valence electrons. The smallest absolute Gasteiger partial charge is 0.318 e. The molecule has 1 aromatic rings.